The van der Waals surface area contributed by atoms with Gasteiger partial charge in [-0.3, -0.25) is 4.79 Å². The zero-order valence-corrected chi connectivity index (χ0v) is 12.0. The Hall–Kier alpha value is -2.08. The standard InChI is InChI=1S/C14H14N2O3S/c1-3-11-15-12(17)7-13(16-11)20-9-5-4-8(2)10(6-9)14(18)19/h4-7H,3H2,1-2H3,(H,18,19)(H,15,16,17). The van der Waals surface area contributed by atoms with E-state index in [2.05, 4.69) is 9.97 Å². The minimum Gasteiger partial charge on any atom is -0.478 e. The van der Waals surface area contributed by atoms with Crippen LogP contribution in [0.5, 0.6) is 0 Å². The fourth-order valence-corrected chi connectivity index (χ4v) is 2.60. The molecule has 1 aromatic heterocycles. The van der Waals surface area contributed by atoms with Gasteiger partial charge in [0.25, 0.3) is 5.56 Å². The molecule has 0 saturated carbocycles. The summed E-state index contributed by atoms with van der Waals surface area (Å²) in [6.07, 6.45) is 0.637. The molecule has 1 heterocycles. The van der Waals surface area contributed by atoms with Gasteiger partial charge < -0.3 is 10.1 Å². The van der Waals surface area contributed by atoms with Crippen molar-refractivity contribution in [2.45, 2.75) is 30.2 Å². The minimum atomic E-state index is -0.960. The van der Waals surface area contributed by atoms with Gasteiger partial charge in [0, 0.05) is 17.4 Å². The summed E-state index contributed by atoms with van der Waals surface area (Å²) in [5, 5.41) is 9.66. The third kappa shape index (κ3) is 3.27. The van der Waals surface area contributed by atoms with Crippen LogP contribution in [0.4, 0.5) is 0 Å². The van der Waals surface area contributed by atoms with Gasteiger partial charge in [-0.15, -0.1) is 0 Å². The average Bonchev–Trinajstić information content (AvgIpc) is 2.40. The number of nitrogens with one attached hydrogen (secondary N) is 1. The normalized spacial score (nSPS) is 10.5. The molecule has 20 heavy (non-hydrogen) atoms. The Morgan fingerprint density at radius 1 is 1.40 bits per heavy atom. The van der Waals surface area contributed by atoms with E-state index in [1.54, 1.807) is 19.1 Å². The maximum atomic E-state index is 11.5. The van der Waals surface area contributed by atoms with Gasteiger partial charge in [0.05, 0.1) is 5.56 Å². The van der Waals surface area contributed by atoms with E-state index >= 15 is 0 Å². The second-order valence-electron chi connectivity index (χ2n) is 4.27. The van der Waals surface area contributed by atoms with Crippen LogP contribution in [0.25, 0.3) is 0 Å². The third-order valence-electron chi connectivity index (χ3n) is 2.76. The van der Waals surface area contributed by atoms with Crippen LogP contribution in [0, 0.1) is 6.92 Å². The predicted molar refractivity (Wildman–Crippen MR) is 76.5 cm³/mol. The molecule has 0 atom stereocenters. The van der Waals surface area contributed by atoms with Crippen LogP contribution >= 0.6 is 11.8 Å². The van der Waals surface area contributed by atoms with Crippen molar-refractivity contribution in [2.24, 2.45) is 0 Å². The molecule has 2 rings (SSSR count). The summed E-state index contributed by atoms with van der Waals surface area (Å²) in [4.78, 5) is 30.3. The van der Waals surface area contributed by atoms with E-state index in [4.69, 9.17) is 5.11 Å². The summed E-state index contributed by atoms with van der Waals surface area (Å²) in [6.45, 7) is 3.65. The number of carbonyl (C=O) groups is 1. The van der Waals surface area contributed by atoms with Gasteiger partial charge in [-0.1, -0.05) is 24.8 Å². The second-order valence-corrected chi connectivity index (χ2v) is 5.36. The molecule has 0 aliphatic heterocycles. The molecule has 0 radical (unpaired) electrons. The molecule has 0 spiro atoms. The highest BCUT2D eigenvalue weighted by atomic mass is 32.2. The predicted octanol–water partition coefficient (Wildman–Crippen LogP) is 2.49. The number of nitrogens with zero attached hydrogens (tertiary/aromatic N) is 1. The van der Waals surface area contributed by atoms with Crippen LogP contribution in [0.3, 0.4) is 0 Å². The highest BCUT2D eigenvalue weighted by Crippen LogP contribution is 2.27. The molecule has 5 nitrogen and oxygen atoms in total. The number of carboxylic acid groups (broad SMARTS) is 1. The Kier molecular flexibility index (Phi) is 4.24. The van der Waals surface area contributed by atoms with Crippen LogP contribution in [-0.4, -0.2) is 21.0 Å². The lowest BCUT2D eigenvalue weighted by Gasteiger charge is -2.05. The van der Waals surface area contributed by atoms with E-state index in [-0.39, 0.29) is 11.1 Å². The maximum absolute atomic E-state index is 11.5. The van der Waals surface area contributed by atoms with Gasteiger partial charge in [0.1, 0.15) is 10.9 Å². The van der Waals surface area contributed by atoms with Gasteiger partial charge in [0.2, 0.25) is 0 Å². The van der Waals surface area contributed by atoms with Crippen molar-refractivity contribution in [1.29, 1.82) is 0 Å². The number of carboxylic acids is 1. The van der Waals surface area contributed by atoms with Gasteiger partial charge in [0.15, 0.2) is 0 Å². The van der Waals surface area contributed by atoms with Crippen LogP contribution < -0.4 is 5.56 Å². The fraction of sp³-hybridized carbons (Fsp3) is 0.214. The first kappa shape index (κ1) is 14.3. The zero-order chi connectivity index (χ0) is 14.7. The highest BCUT2D eigenvalue weighted by molar-refractivity contribution is 7.99. The largest absolute Gasteiger partial charge is 0.478 e. The molecule has 0 saturated heterocycles. The van der Waals surface area contributed by atoms with Crippen molar-refractivity contribution in [3.8, 4) is 0 Å². The molecule has 104 valence electrons. The number of rotatable bonds is 4. The zero-order valence-electron chi connectivity index (χ0n) is 11.1. The Labute approximate surface area is 120 Å². The van der Waals surface area contributed by atoms with Crippen molar-refractivity contribution < 1.29 is 9.90 Å². The van der Waals surface area contributed by atoms with E-state index in [0.717, 1.165) is 4.90 Å². The van der Waals surface area contributed by atoms with Crippen molar-refractivity contribution in [3.63, 3.8) is 0 Å². The fourth-order valence-electron chi connectivity index (χ4n) is 1.72. The molecule has 0 bridgehead atoms. The molecule has 0 fully saturated rings. The number of hydrogen-bond donors (Lipinski definition) is 2. The summed E-state index contributed by atoms with van der Waals surface area (Å²) in [6, 6.07) is 6.57. The Bertz CT molecular complexity index is 710. The summed E-state index contributed by atoms with van der Waals surface area (Å²) in [5.41, 5.74) is 0.760. The van der Waals surface area contributed by atoms with Gasteiger partial charge in [-0.2, -0.15) is 0 Å². The molecule has 2 N–H and O–H groups in total. The summed E-state index contributed by atoms with van der Waals surface area (Å²) in [7, 11) is 0. The van der Waals surface area contributed by atoms with Gasteiger partial charge in [-0.05, 0) is 24.6 Å². The Balaban J connectivity index is 2.35. The van der Waals surface area contributed by atoms with Crippen molar-refractivity contribution >= 4 is 17.7 Å². The third-order valence-corrected chi connectivity index (χ3v) is 3.67. The first-order valence-electron chi connectivity index (χ1n) is 6.11. The minimum absolute atomic E-state index is 0.204. The molecule has 6 heteroatoms. The monoisotopic (exact) mass is 290 g/mol. The van der Waals surface area contributed by atoms with E-state index in [1.165, 1.54) is 17.8 Å². The average molecular weight is 290 g/mol. The van der Waals surface area contributed by atoms with Crippen LogP contribution in [-0.2, 0) is 6.42 Å². The molecular weight excluding hydrogens is 276 g/mol. The van der Waals surface area contributed by atoms with Crippen LogP contribution in [0.15, 0.2) is 39.0 Å². The first-order chi connectivity index (χ1) is 9.49. The van der Waals surface area contributed by atoms with Gasteiger partial charge >= 0.3 is 5.97 Å². The first-order valence-corrected chi connectivity index (χ1v) is 6.93. The van der Waals surface area contributed by atoms with Gasteiger partial charge in [-0.25, -0.2) is 9.78 Å². The Morgan fingerprint density at radius 3 is 2.80 bits per heavy atom. The molecular formula is C14H14N2O3S. The van der Waals surface area contributed by atoms with E-state index in [1.807, 2.05) is 13.0 Å². The summed E-state index contributed by atoms with van der Waals surface area (Å²) >= 11 is 1.28. The molecule has 0 aliphatic carbocycles. The number of aromatic nitrogens is 2. The Morgan fingerprint density at radius 2 is 2.15 bits per heavy atom. The smallest absolute Gasteiger partial charge is 0.335 e. The number of aromatic amines is 1. The quantitative estimate of drug-likeness (QED) is 0.845. The summed E-state index contributed by atoms with van der Waals surface area (Å²) < 4.78 is 0. The number of benzene rings is 1. The lowest BCUT2D eigenvalue weighted by Crippen LogP contribution is -2.10. The number of hydrogen-bond acceptors (Lipinski definition) is 4. The number of aromatic carboxylic acids is 1. The summed E-state index contributed by atoms with van der Waals surface area (Å²) in [5.74, 6) is -0.344. The van der Waals surface area contributed by atoms with Crippen molar-refractivity contribution in [3.05, 3.63) is 51.6 Å². The maximum Gasteiger partial charge on any atom is 0.335 e. The molecule has 0 amide bonds. The number of H-pyrrole nitrogens is 1. The topological polar surface area (TPSA) is 83.0 Å². The molecule has 0 aliphatic rings. The SMILES string of the molecule is CCc1nc(Sc2ccc(C)c(C(=O)O)c2)cc(=O)[nH]1. The van der Waals surface area contributed by atoms with E-state index < -0.39 is 5.97 Å². The van der Waals surface area contributed by atoms with E-state index in [0.29, 0.717) is 22.8 Å². The van der Waals surface area contributed by atoms with Crippen LogP contribution in [0.1, 0.15) is 28.7 Å². The number of aryl methyl sites for hydroxylation is 2. The second kappa shape index (κ2) is 5.92. The lowest BCUT2D eigenvalue weighted by atomic mass is 10.1. The lowest BCUT2D eigenvalue weighted by molar-refractivity contribution is 0.0696. The molecule has 2 aromatic rings. The van der Waals surface area contributed by atoms with Crippen LogP contribution in [0.2, 0.25) is 0 Å². The highest BCUT2D eigenvalue weighted by Gasteiger charge is 2.09. The van der Waals surface area contributed by atoms with Crippen molar-refractivity contribution in [2.75, 3.05) is 0 Å². The molecule has 1 aromatic carbocycles. The molecule has 0 unspecified atom stereocenters. The van der Waals surface area contributed by atoms with Crippen molar-refractivity contribution in [1.82, 2.24) is 9.97 Å². The van der Waals surface area contributed by atoms with E-state index in [9.17, 15) is 9.59 Å².